The van der Waals surface area contributed by atoms with Crippen molar-refractivity contribution in [3.8, 4) is 5.75 Å². The van der Waals surface area contributed by atoms with Crippen LogP contribution in [-0.2, 0) is 14.4 Å². The Bertz CT molecular complexity index is 1280. The quantitative estimate of drug-likeness (QED) is 0.440. The first-order chi connectivity index (χ1) is 20.8. The molecule has 43 heavy (non-hydrogen) atoms. The summed E-state index contributed by atoms with van der Waals surface area (Å²) >= 11 is 1.61. The summed E-state index contributed by atoms with van der Waals surface area (Å²) in [7, 11) is 0. The van der Waals surface area contributed by atoms with Gasteiger partial charge in [0.05, 0.1) is 35.8 Å². The number of hydrogen-bond donors (Lipinski definition) is 1. The van der Waals surface area contributed by atoms with E-state index in [1.807, 2.05) is 42.2 Å². The molecule has 4 aliphatic heterocycles. The molecule has 6 atom stereocenters. The molecule has 1 aliphatic carbocycles. The lowest BCUT2D eigenvalue weighted by Gasteiger charge is -2.41. The number of thioether (sulfide) groups is 1. The minimum atomic E-state index is -0.876. The number of nitrogens with zero attached hydrogens (tertiary/aromatic N) is 3. The fourth-order valence-electron chi connectivity index (χ4n) is 8.15. The molecule has 232 valence electrons. The minimum absolute atomic E-state index is 0.0290. The Balaban J connectivity index is 1.41. The molecule has 1 aromatic rings. The number of benzene rings is 1. The van der Waals surface area contributed by atoms with Crippen LogP contribution in [0.1, 0.15) is 59.3 Å². The Labute approximate surface area is 259 Å². The van der Waals surface area contributed by atoms with Gasteiger partial charge in [0.15, 0.2) is 0 Å². The van der Waals surface area contributed by atoms with E-state index >= 15 is 0 Å². The topological polar surface area (TPSA) is 90.4 Å². The van der Waals surface area contributed by atoms with Gasteiger partial charge < -0.3 is 24.5 Å². The number of fused-ring (bicyclic) bond motifs is 2. The molecule has 1 spiro atoms. The lowest BCUT2D eigenvalue weighted by Crippen LogP contribution is -2.58. The Morgan fingerprint density at radius 2 is 1.74 bits per heavy atom. The zero-order chi connectivity index (χ0) is 30.3. The molecular weight excluding hydrogens is 562 g/mol. The van der Waals surface area contributed by atoms with E-state index < -0.39 is 28.7 Å². The van der Waals surface area contributed by atoms with Crippen molar-refractivity contribution < 1.29 is 24.2 Å². The summed E-state index contributed by atoms with van der Waals surface area (Å²) in [6.45, 7) is 7.36. The van der Waals surface area contributed by atoms with Crippen LogP contribution in [0.3, 0.4) is 0 Å². The van der Waals surface area contributed by atoms with Crippen LogP contribution in [0.5, 0.6) is 5.75 Å². The van der Waals surface area contributed by atoms with E-state index in [0.717, 1.165) is 37.1 Å². The molecule has 6 rings (SSSR count). The number of ether oxygens (including phenoxy) is 1. The van der Waals surface area contributed by atoms with Crippen molar-refractivity contribution in [1.82, 2.24) is 9.80 Å². The summed E-state index contributed by atoms with van der Waals surface area (Å²) in [5, 5.41) is 10.4. The van der Waals surface area contributed by atoms with Crippen molar-refractivity contribution in [2.45, 2.75) is 87.4 Å². The number of carbonyl (C=O) groups is 3. The molecule has 2 saturated heterocycles. The van der Waals surface area contributed by atoms with E-state index in [-0.39, 0.29) is 41.5 Å². The highest BCUT2D eigenvalue weighted by Gasteiger charge is 2.72. The maximum absolute atomic E-state index is 14.7. The van der Waals surface area contributed by atoms with E-state index in [4.69, 9.17) is 4.74 Å². The third-order valence-corrected chi connectivity index (χ3v) is 11.7. The first kappa shape index (κ1) is 30.3. The molecule has 3 amide bonds. The predicted octanol–water partition coefficient (Wildman–Crippen LogP) is 4.42. The van der Waals surface area contributed by atoms with Gasteiger partial charge in [0.25, 0.3) is 0 Å². The highest BCUT2D eigenvalue weighted by Crippen LogP contribution is 2.61. The third-order valence-electron chi connectivity index (χ3n) is 9.95. The number of carbonyl (C=O) groups excluding carboxylic acids is 3. The average Bonchev–Trinajstić information content (AvgIpc) is 3.32. The molecule has 3 fully saturated rings. The lowest BCUT2D eigenvalue weighted by molar-refractivity contribution is -0.147. The van der Waals surface area contributed by atoms with Gasteiger partial charge in [-0.05, 0) is 56.4 Å². The highest BCUT2D eigenvalue weighted by molar-refractivity contribution is 8.02. The zero-order valence-corrected chi connectivity index (χ0v) is 26.4. The number of anilines is 1. The molecule has 1 aromatic carbocycles. The van der Waals surface area contributed by atoms with E-state index in [1.165, 1.54) is 6.42 Å². The number of amides is 3. The summed E-state index contributed by atoms with van der Waals surface area (Å²) in [5.74, 6) is -0.645. The van der Waals surface area contributed by atoms with Gasteiger partial charge in [-0.1, -0.05) is 57.4 Å². The van der Waals surface area contributed by atoms with Crippen molar-refractivity contribution in [3.63, 3.8) is 0 Å². The maximum atomic E-state index is 14.7. The lowest BCUT2D eigenvalue weighted by atomic mass is 9.78. The van der Waals surface area contributed by atoms with Gasteiger partial charge in [0.2, 0.25) is 17.7 Å². The van der Waals surface area contributed by atoms with Crippen LogP contribution in [0, 0.1) is 17.8 Å². The van der Waals surface area contributed by atoms with Gasteiger partial charge in [-0.15, -0.1) is 11.8 Å². The molecule has 5 aliphatic rings. The van der Waals surface area contributed by atoms with E-state index in [9.17, 15) is 19.5 Å². The molecule has 9 heteroatoms. The fourth-order valence-corrected chi connectivity index (χ4v) is 10.1. The summed E-state index contributed by atoms with van der Waals surface area (Å²) in [5.41, 5.74) is 0.757. The molecule has 1 unspecified atom stereocenters. The molecule has 0 bridgehead atoms. The predicted molar refractivity (Wildman–Crippen MR) is 169 cm³/mol. The smallest absolute Gasteiger partial charge is 0.247 e. The van der Waals surface area contributed by atoms with Crippen molar-refractivity contribution in [3.05, 3.63) is 48.6 Å². The number of rotatable bonds is 8. The van der Waals surface area contributed by atoms with Gasteiger partial charge in [0.1, 0.15) is 11.8 Å². The summed E-state index contributed by atoms with van der Waals surface area (Å²) in [6.07, 6.45) is 14.2. The number of aliphatic hydroxyl groups is 1. The molecule has 0 aromatic heterocycles. The van der Waals surface area contributed by atoms with E-state index in [2.05, 4.69) is 32.1 Å². The normalized spacial score (nSPS) is 31.7. The SMILES string of the molecule is CCOc1ccc(N2CC=C[C@H]3S[C@]45C=CCN(C6CCCCC6)C(=O)C4N([C@@H](CO)CC(C)C)C(=O)[C@@H]5[C@H]3C2=O)cc1. The van der Waals surface area contributed by atoms with Crippen molar-refractivity contribution in [1.29, 1.82) is 0 Å². The molecular formula is C34H45N3O5S. The number of aliphatic hydroxyl groups excluding tert-OH is 1. The largest absolute Gasteiger partial charge is 0.494 e. The minimum Gasteiger partial charge on any atom is -0.494 e. The number of hydrogen-bond acceptors (Lipinski definition) is 6. The zero-order valence-electron chi connectivity index (χ0n) is 25.6. The van der Waals surface area contributed by atoms with Gasteiger partial charge in [-0.3, -0.25) is 14.4 Å². The van der Waals surface area contributed by atoms with Gasteiger partial charge in [0, 0.05) is 30.1 Å². The van der Waals surface area contributed by atoms with Crippen molar-refractivity contribution >= 4 is 35.2 Å². The summed E-state index contributed by atoms with van der Waals surface area (Å²) < 4.78 is 4.73. The average molecular weight is 608 g/mol. The second kappa shape index (κ2) is 12.3. The van der Waals surface area contributed by atoms with Gasteiger partial charge >= 0.3 is 0 Å². The van der Waals surface area contributed by atoms with Crippen LogP contribution >= 0.6 is 11.8 Å². The first-order valence-electron chi connectivity index (χ1n) is 16.1. The maximum Gasteiger partial charge on any atom is 0.247 e. The van der Waals surface area contributed by atoms with Crippen LogP contribution in [0.4, 0.5) is 5.69 Å². The Morgan fingerprint density at radius 3 is 2.42 bits per heavy atom. The van der Waals surface area contributed by atoms with E-state index in [0.29, 0.717) is 26.1 Å². The number of likely N-dealkylation sites (tertiary alicyclic amines) is 1. The second-order valence-electron chi connectivity index (χ2n) is 13.0. The molecule has 1 saturated carbocycles. The molecule has 0 radical (unpaired) electrons. The Hall–Kier alpha value is -2.78. The molecule has 1 N–H and O–H groups in total. The fraction of sp³-hybridized carbons (Fsp3) is 0.618. The summed E-state index contributed by atoms with van der Waals surface area (Å²) in [4.78, 5) is 49.4. The highest BCUT2D eigenvalue weighted by atomic mass is 32.2. The molecule has 4 heterocycles. The van der Waals surface area contributed by atoms with Crippen LogP contribution < -0.4 is 9.64 Å². The van der Waals surface area contributed by atoms with Gasteiger partial charge in [-0.2, -0.15) is 0 Å². The van der Waals surface area contributed by atoms with Crippen LogP contribution in [-0.4, -0.2) is 87.1 Å². The van der Waals surface area contributed by atoms with Crippen LogP contribution in [0.25, 0.3) is 0 Å². The Kier molecular flexibility index (Phi) is 8.66. The first-order valence-corrected chi connectivity index (χ1v) is 17.0. The second-order valence-corrected chi connectivity index (χ2v) is 14.5. The van der Waals surface area contributed by atoms with Crippen molar-refractivity contribution in [2.75, 3.05) is 31.2 Å². The van der Waals surface area contributed by atoms with Gasteiger partial charge in [-0.25, -0.2) is 0 Å². The molecule has 8 nitrogen and oxygen atoms in total. The third kappa shape index (κ3) is 5.20. The van der Waals surface area contributed by atoms with E-state index in [1.54, 1.807) is 21.6 Å². The van der Waals surface area contributed by atoms with Crippen LogP contribution in [0.2, 0.25) is 0 Å². The standard InChI is InChI=1S/C34H45N3O5S/c1-4-42-26-15-13-24(14-16-26)35-18-8-12-27-28(31(35)39)29-32(40)37(25(21-38)20-22(2)3)30-33(41)36(23-10-6-5-7-11-23)19-9-17-34(29,30)43-27/h8-9,12-17,22-23,25,27-30,38H,4-7,10-11,18-21H2,1-3H3/t25-,27-,28+,29+,30?,34+/m1/s1. The Morgan fingerprint density at radius 1 is 1.00 bits per heavy atom. The van der Waals surface area contributed by atoms with Crippen LogP contribution in [0.15, 0.2) is 48.6 Å². The van der Waals surface area contributed by atoms with Crippen molar-refractivity contribution in [2.24, 2.45) is 17.8 Å². The monoisotopic (exact) mass is 607 g/mol. The summed E-state index contributed by atoms with van der Waals surface area (Å²) in [6, 6.07) is 6.44.